The van der Waals surface area contributed by atoms with E-state index in [1.165, 1.54) is 12.1 Å². The predicted octanol–water partition coefficient (Wildman–Crippen LogP) is 7.04. The van der Waals surface area contributed by atoms with Crippen molar-refractivity contribution in [1.29, 1.82) is 0 Å². The van der Waals surface area contributed by atoms with Crippen molar-refractivity contribution in [3.8, 4) is 23.7 Å². The second kappa shape index (κ2) is 10.7. The fourth-order valence-electron chi connectivity index (χ4n) is 3.12. The van der Waals surface area contributed by atoms with Crippen LogP contribution in [0.25, 0.3) is 0 Å². The molecule has 3 aromatic carbocycles. The highest BCUT2D eigenvalue weighted by Gasteiger charge is 2.10. The summed E-state index contributed by atoms with van der Waals surface area (Å²) in [4.78, 5) is 3.36. The monoisotopic (exact) mass is 463 g/mol. The van der Waals surface area contributed by atoms with Crippen LogP contribution in [0.15, 0.2) is 47.5 Å². The Balaban J connectivity index is 1.86. The zero-order valence-electron chi connectivity index (χ0n) is 17.8. The quantitative estimate of drug-likeness (QED) is 0.176. The van der Waals surface area contributed by atoms with Crippen molar-refractivity contribution < 1.29 is 17.6 Å². The summed E-state index contributed by atoms with van der Waals surface area (Å²) in [6.07, 6.45) is 1.38. The van der Waals surface area contributed by atoms with E-state index in [0.717, 1.165) is 24.1 Å². The van der Waals surface area contributed by atoms with Gasteiger partial charge in [0.15, 0.2) is 11.6 Å². The molecule has 0 spiro atoms. The zero-order valence-corrected chi connectivity index (χ0v) is 18.6. The highest BCUT2D eigenvalue weighted by atomic mass is 32.1. The minimum atomic E-state index is -0.888. The Bertz CT molecular complexity index is 1350. The minimum absolute atomic E-state index is 0.133. The first-order valence-corrected chi connectivity index (χ1v) is 10.4. The van der Waals surface area contributed by atoms with Crippen LogP contribution in [0.1, 0.15) is 46.7 Å². The Morgan fingerprint density at radius 1 is 0.788 bits per heavy atom. The number of aliphatic imine (C=N–C) groups is 1. The van der Waals surface area contributed by atoms with Gasteiger partial charge in [-0.05, 0) is 79.2 Å². The Hall–Kier alpha value is -3.70. The number of halogens is 4. The summed E-state index contributed by atoms with van der Waals surface area (Å²) in [5.41, 5.74) is 1.85. The van der Waals surface area contributed by atoms with Crippen molar-refractivity contribution in [2.24, 2.45) is 4.99 Å². The van der Waals surface area contributed by atoms with Gasteiger partial charge in [0.2, 0.25) is 0 Å². The molecular formula is C27H17F4NS. The van der Waals surface area contributed by atoms with E-state index >= 15 is 0 Å². The molecule has 0 saturated heterocycles. The van der Waals surface area contributed by atoms with Crippen LogP contribution in [0, 0.1) is 53.9 Å². The van der Waals surface area contributed by atoms with Crippen LogP contribution in [-0.4, -0.2) is 5.16 Å². The number of hydrogen-bond donors (Lipinski definition) is 0. The molecule has 0 atom stereocenters. The minimum Gasteiger partial charge on any atom is -0.206 e. The predicted molar refractivity (Wildman–Crippen MR) is 125 cm³/mol. The van der Waals surface area contributed by atoms with Gasteiger partial charge in [-0.3, -0.25) is 0 Å². The Morgan fingerprint density at radius 2 is 1.42 bits per heavy atom. The van der Waals surface area contributed by atoms with Crippen molar-refractivity contribution >= 4 is 23.1 Å². The normalized spacial score (nSPS) is 9.88. The molecule has 33 heavy (non-hydrogen) atoms. The number of isothiocyanates is 1. The lowest BCUT2D eigenvalue weighted by molar-refractivity contribution is 0.573. The second-order valence-corrected chi connectivity index (χ2v) is 7.39. The summed E-state index contributed by atoms with van der Waals surface area (Å²) >= 11 is 4.38. The van der Waals surface area contributed by atoms with E-state index < -0.39 is 29.0 Å². The van der Waals surface area contributed by atoms with Crippen molar-refractivity contribution in [1.82, 2.24) is 0 Å². The fraction of sp³-hybridized carbons (Fsp3) is 0.148. The topological polar surface area (TPSA) is 12.4 Å². The summed E-state index contributed by atoms with van der Waals surface area (Å²) in [7, 11) is 0. The lowest BCUT2D eigenvalue weighted by Gasteiger charge is -2.03. The molecule has 0 saturated carbocycles. The highest BCUT2D eigenvalue weighted by Crippen LogP contribution is 2.23. The van der Waals surface area contributed by atoms with Gasteiger partial charge in [0.05, 0.1) is 10.7 Å². The molecule has 0 aliphatic carbocycles. The third-order valence-electron chi connectivity index (χ3n) is 4.71. The van der Waals surface area contributed by atoms with Crippen LogP contribution < -0.4 is 0 Å². The molecule has 164 valence electrons. The van der Waals surface area contributed by atoms with Crippen molar-refractivity contribution in [3.63, 3.8) is 0 Å². The average Bonchev–Trinajstić information content (AvgIpc) is 2.75. The standard InChI is InChI=1S/C27H17F4NS/c1-3-4-19-12-23(28)22(24(29)13-19)10-7-18-5-8-21(17(2)11-18)9-6-20-14-25(30)27(32-16-33)26(31)15-20/h5,8,11-15H,3-4H2,1-2H3. The molecule has 0 amide bonds. The fourth-order valence-corrected chi connectivity index (χ4v) is 3.22. The van der Waals surface area contributed by atoms with Gasteiger partial charge in [0, 0.05) is 16.7 Å². The van der Waals surface area contributed by atoms with Crippen LogP contribution in [0.3, 0.4) is 0 Å². The maximum Gasteiger partial charge on any atom is 0.153 e. The van der Waals surface area contributed by atoms with E-state index in [2.05, 4.69) is 40.9 Å². The smallest absolute Gasteiger partial charge is 0.153 e. The molecule has 0 aromatic heterocycles. The summed E-state index contributed by atoms with van der Waals surface area (Å²) in [6.45, 7) is 3.72. The molecule has 0 unspecified atom stereocenters. The summed E-state index contributed by atoms with van der Waals surface area (Å²) in [5, 5.41) is 1.93. The average molecular weight is 463 g/mol. The Kier molecular flexibility index (Phi) is 7.80. The third kappa shape index (κ3) is 5.96. The number of hydrogen-bond acceptors (Lipinski definition) is 2. The van der Waals surface area contributed by atoms with Crippen molar-refractivity contribution in [2.45, 2.75) is 26.7 Å². The van der Waals surface area contributed by atoms with Gasteiger partial charge in [0.25, 0.3) is 0 Å². The summed E-state index contributed by atoms with van der Waals surface area (Å²) in [5.74, 6) is 7.74. The van der Waals surface area contributed by atoms with E-state index in [1.54, 1.807) is 25.1 Å². The van der Waals surface area contributed by atoms with Crippen LogP contribution in [-0.2, 0) is 6.42 Å². The van der Waals surface area contributed by atoms with Crippen LogP contribution >= 0.6 is 12.2 Å². The molecule has 0 bridgehead atoms. The lowest BCUT2D eigenvalue weighted by Crippen LogP contribution is -1.95. The molecular weight excluding hydrogens is 446 g/mol. The van der Waals surface area contributed by atoms with Gasteiger partial charge in [-0.15, -0.1) is 0 Å². The number of nitrogens with zero attached hydrogens (tertiary/aromatic N) is 1. The largest absolute Gasteiger partial charge is 0.206 e. The van der Waals surface area contributed by atoms with E-state index in [-0.39, 0.29) is 11.1 Å². The lowest BCUT2D eigenvalue weighted by atomic mass is 10.0. The molecule has 0 heterocycles. The van der Waals surface area contributed by atoms with E-state index in [1.807, 2.05) is 12.1 Å². The first-order chi connectivity index (χ1) is 15.8. The van der Waals surface area contributed by atoms with Gasteiger partial charge in [-0.2, -0.15) is 4.99 Å². The second-order valence-electron chi connectivity index (χ2n) is 7.21. The number of aryl methyl sites for hydroxylation is 2. The maximum atomic E-state index is 14.2. The molecule has 3 rings (SSSR count). The maximum absolute atomic E-state index is 14.2. The van der Waals surface area contributed by atoms with Crippen molar-refractivity contribution in [2.75, 3.05) is 0 Å². The van der Waals surface area contributed by atoms with E-state index in [0.29, 0.717) is 23.1 Å². The molecule has 6 heteroatoms. The number of rotatable bonds is 3. The molecule has 0 aliphatic rings. The first kappa shape index (κ1) is 24.0. The van der Waals surface area contributed by atoms with Gasteiger partial charge >= 0.3 is 0 Å². The van der Waals surface area contributed by atoms with Crippen LogP contribution in [0.2, 0.25) is 0 Å². The van der Waals surface area contributed by atoms with E-state index in [9.17, 15) is 17.6 Å². The summed E-state index contributed by atoms with van der Waals surface area (Å²) < 4.78 is 56.4. The summed E-state index contributed by atoms with van der Waals surface area (Å²) in [6, 6.07) is 9.79. The number of thiocarbonyl (C=S) groups is 1. The highest BCUT2D eigenvalue weighted by molar-refractivity contribution is 7.78. The SMILES string of the molecule is CCCc1cc(F)c(C#Cc2ccc(C#Cc3cc(F)c(N=C=S)c(F)c3)c(C)c2)c(F)c1. The first-order valence-electron chi connectivity index (χ1n) is 10.0. The molecule has 3 aromatic rings. The van der Waals surface area contributed by atoms with Crippen LogP contribution in [0.5, 0.6) is 0 Å². The molecule has 0 N–H and O–H groups in total. The van der Waals surface area contributed by atoms with Crippen LogP contribution in [0.4, 0.5) is 23.2 Å². The molecule has 0 radical (unpaired) electrons. The van der Waals surface area contributed by atoms with Gasteiger partial charge in [0.1, 0.15) is 17.3 Å². The zero-order chi connectivity index (χ0) is 24.0. The van der Waals surface area contributed by atoms with Gasteiger partial charge < -0.3 is 0 Å². The van der Waals surface area contributed by atoms with Gasteiger partial charge in [-0.25, -0.2) is 17.6 Å². The third-order valence-corrected chi connectivity index (χ3v) is 4.81. The van der Waals surface area contributed by atoms with E-state index in [4.69, 9.17) is 0 Å². The Labute approximate surface area is 195 Å². The Morgan fingerprint density at radius 3 is 2.00 bits per heavy atom. The molecule has 0 fully saturated rings. The van der Waals surface area contributed by atoms with Gasteiger partial charge in [-0.1, -0.05) is 37.0 Å². The van der Waals surface area contributed by atoms with Crippen molar-refractivity contribution in [3.05, 3.63) is 99.1 Å². The molecule has 1 nitrogen and oxygen atoms in total. The molecule has 0 aliphatic heterocycles. The number of benzene rings is 3.